The summed E-state index contributed by atoms with van der Waals surface area (Å²) >= 11 is 0. The molecule has 0 radical (unpaired) electrons. The molecule has 90 valence electrons. The zero-order valence-electron chi connectivity index (χ0n) is 11.0. The Morgan fingerprint density at radius 3 is 2.56 bits per heavy atom. The Balaban J connectivity index is 2.21. The van der Waals surface area contributed by atoms with E-state index in [0.29, 0.717) is 0 Å². The molecule has 0 heterocycles. The van der Waals surface area contributed by atoms with E-state index in [1.54, 1.807) is 0 Å². The molecule has 0 aliphatic carbocycles. The molecule has 1 nitrogen and oxygen atoms in total. The highest BCUT2D eigenvalue weighted by atomic mass is 14.8. The number of hydrogen-bond donors (Lipinski definition) is 1. The number of unbranched alkanes of at least 4 members (excludes halogenated alkanes) is 1. The molecule has 0 aliphatic rings. The van der Waals surface area contributed by atoms with Crippen LogP contribution in [0.15, 0.2) is 18.2 Å². The number of benzene rings is 1. The van der Waals surface area contributed by atoms with Crippen molar-refractivity contribution in [2.75, 3.05) is 13.1 Å². The van der Waals surface area contributed by atoms with Crippen LogP contribution in [0.25, 0.3) is 0 Å². The molecular weight excluding hydrogens is 194 g/mol. The lowest BCUT2D eigenvalue weighted by molar-refractivity contribution is 0.616. The van der Waals surface area contributed by atoms with Crippen molar-refractivity contribution >= 4 is 0 Å². The van der Waals surface area contributed by atoms with Gasteiger partial charge in [-0.05, 0) is 63.7 Å². The second-order valence-electron chi connectivity index (χ2n) is 4.64. The zero-order valence-corrected chi connectivity index (χ0v) is 11.0. The maximum Gasteiger partial charge on any atom is -0.00488 e. The van der Waals surface area contributed by atoms with Crippen molar-refractivity contribution in [1.29, 1.82) is 0 Å². The predicted molar refractivity (Wildman–Crippen MR) is 72.0 cm³/mol. The lowest BCUT2D eigenvalue weighted by Gasteiger charge is -2.07. The van der Waals surface area contributed by atoms with Gasteiger partial charge in [0.2, 0.25) is 0 Å². The molecule has 1 heteroatoms. The smallest absolute Gasteiger partial charge is 0.00488 e. The first kappa shape index (κ1) is 13.2. The fraction of sp³-hybridized carbons (Fsp3) is 0.600. The second kappa shape index (κ2) is 7.45. The molecule has 0 amide bonds. The Labute approximate surface area is 100 Å². The molecule has 1 rings (SSSR count). The molecule has 16 heavy (non-hydrogen) atoms. The minimum Gasteiger partial charge on any atom is -0.317 e. The van der Waals surface area contributed by atoms with Gasteiger partial charge < -0.3 is 5.32 Å². The number of rotatable bonds is 7. The first-order valence-corrected chi connectivity index (χ1v) is 6.51. The summed E-state index contributed by atoms with van der Waals surface area (Å²) in [5.74, 6) is 0. The molecule has 1 aromatic rings. The molecule has 0 atom stereocenters. The van der Waals surface area contributed by atoms with E-state index >= 15 is 0 Å². The van der Waals surface area contributed by atoms with Crippen molar-refractivity contribution in [3.63, 3.8) is 0 Å². The van der Waals surface area contributed by atoms with E-state index in [2.05, 4.69) is 44.3 Å². The van der Waals surface area contributed by atoms with Crippen LogP contribution in [0.3, 0.4) is 0 Å². The van der Waals surface area contributed by atoms with Gasteiger partial charge in [0, 0.05) is 0 Å². The Morgan fingerprint density at radius 2 is 1.88 bits per heavy atom. The molecule has 0 spiro atoms. The van der Waals surface area contributed by atoms with Gasteiger partial charge >= 0.3 is 0 Å². The average Bonchev–Trinajstić information content (AvgIpc) is 2.26. The summed E-state index contributed by atoms with van der Waals surface area (Å²) in [7, 11) is 0. The lowest BCUT2D eigenvalue weighted by atomic mass is 10.0. The number of hydrogen-bond acceptors (Lipinski definition) is 1. The molecule has 0 unspecified atom stereocenters. The van der Waals surface area contributed by atoms with E-state index in [1.165, 1.54) is 48.9 Å². The topological polar surface area (TPSA) is 12.0 Å². The van der Waals surface area contributed by atoms with Gasteiger partial charge in [0.05, 0.1) is 0 Å². The van der Waals surface area contributed by atoms with Gasteiger partial charge in [0.15, 0.2) is 0 Å². The van der Waals surface area contributed by atoms with E-state index in [4.69, 9.17) is 0 Å². The predicted octanol–water partition coefficient (Wildman–Crippen LogP) is 3.63. The minimum atomic E-state index is 1.16. The molecule has 1 N–H and O–H groups in total. The standard InChI is InChI=1S/C15H25N/c1-4-10-16-11-6-5-7-15-9-8-13(2)12-14(15)3/h8-9,12,16H,4-7,10-11H2,1-3H3. The van der Waals surface area contributed by atoms with E-state index in [0.717, 1.165) is 6.54 Å². The Hall–Kier alpha value is -0.820. The first-order chi connectivity index (χ1) is 7.74. The fourth-order valence-electron chi connectivity index (χ4n) is 1.99. The summed E-state index contributed by atoms with van der Waals surface area (Å²) in [6.07, 6.45) is 5.03. The Kier molecular flexibility index (Phi) is 6.17. The third-order valence-electron chi connectivity index (χ3n) is 2.97. The highest BCUT2D eigenvalue weighted by Gasteiger charge is 1.98. The fourth-order valence-corrected chi connectivity index (χ4v) is 1.99. The SMILES string of the molecule is CCCNCCCCc1ccc(C)cc1C. The van der Waals surface area contributed by atoms with Gasteiger partial charge in [0.25, 0.3) is 0 Å². The Morgan fingerprint density at radius 1 is 1.06 bits per heavy atom. The van der Waals surface area contributed by atoms with Crippen LogP contribution in [-0.2, 0) is 6.42 Å². The normalized spacial score (nSPS) is 10.7. The number of nitrogens with one attached hydrogen (secondary N) is 1. The first-order valence-electron chi connectivity index (χ1n) is 6.51. The van der Waals surface area contributed by atoms with Crippen LogP contribution in [0.1, 0.15) is 42.9 Å². The molecule has 0 saturated carbocycles. The molecule has 0 fully saturated rings. The van der Waals surface area contributed by atoms with Crippen LogP contribution in [-0.4, -0.2) is 13.1 Å². The molecule has 1 aromatic carbocycles. The van der Waals surface area contributed by atoms with E-state index in [-0.39, 0.29) is 0 Å². The van der Waals surface area contributed by atoms with Gasteiger partial charge in [-0.2, -0.15) is 0 Å². The third kappa shape index (κ3) is 4.80. The highest BCUT2D eigenvalue weighted by Crippen LogP contribution is 2.13. The van der Waals surface area contributed by atoms with Crippen molar-refractivity contribution in [3.8, 4) is 0 Å². The summed E-state index contributed by atoms with van der Waals surface area (Å²) in [6.45, 7) is 8.91. The maximum absolute atomic E-state index is 3.45. The molecule has 0 bridgehead atoms. The number of aryl methyl sites for hydroxylation is 3. The van der Waals surface area contributed by atoms with Gasteiger partial charge in [-0.15, -0.1) is 0 Å². The van der Waals surface area contributed by atoms with Crippen molar-refractivity contribution in [2.45, 2.75) is 46.5 Å². The van der Waals surface area contributed by atoms with Gasteiger partial charge in [-0.1, -0.05) is 30.7 Å². The lowest BCUT2D eigenvalue weighted by Crippen LogP contribution is -2.15. The van der Waals surface area contributed by atoms with E-state index < -0.39 is 0 Å². The van der Waals surface area contributed by atoms with E-state index in [9.17, 15) is 0 Å². The summed E-state index contributed by atoms with van der Waals surface area (Å²) < 4.78 is 0. The van der Waals surface area contributed by atoms with Crippen molar-refractivity contribution in [1.82, 2.24) is 5.32 Å². The van der Waals surface area contributed by atoms with Crippen LogP contribution in [0.4, 0.5) is 0 Å². The Bertz CT molecular complexity index is 304. The van der Waals surface area contributed by atoms with Gasteiger partial charge in [-0.25, -0.2) is 0 Å². The summed E-state index contributed by atoms with van der Waals surface area (Å²) in [5, 5.41) is 3.45. The van der Waals surface area contributed by atoms with E-state index in [1.807, 2.05) is 0 Å². The third-order valence-corrected chi connectivity index (χ3v) is 2.97. The summed E-state index contributed by atoms with van der Waals surface area (Å²) in [5.41, 5.74) is 4.33. The van der Waals surface area contributed by atoms with Crippen LogP contribution in [0.2, 0.25) is 0 Å². The van der Waals surface area contributed by atoms with Gasteiger partial charge in [-0.3, -0.25) is 0 Å². The van der Waals surface area contributed by atoms with Crippen LogP contribution in [0.5, 0.6) is 0 Å². The molecule has 0 saturated heterocycles. The van der Waals surface area contributed by atoms with Crippen LogP contribution >= 0.6 is 0 Å². The zero-order chi connectivity index (χ0) is 11.8. The second-order valence-corrected chi connectivity index (χ2v) is 4.64. The monoisotopic (exact) mass is 219 g/mol. The van der Waals surface area contributed by atoms with Gasteiger partial charge in [0.1, 0.15) is 0 Å². The van der Waals surface area contributed by atoms with Crippen molar-refractivity contribution < 1.29 is 0 Å². The van der Waals surface area contributed by atoms with Crippen LogP contribution in [0, 0.1) is 13.8 Å². The molecule has 0 aliphatic heterocycles. The molecule has 0 aromatic heterocycles. The van der Waals surface area contributed by atoms with Crippen molar-refractivity contribution in [2.24, 2.45) is 0 Å². The average molecular weight is 219 g/mol. The molecular formula is C15H25N. The largest absolute Gasteiger partial charge is 0.317 e. The maximum atomic E-state index is 3.45. The highest BCUT2D eigenvalue weighted by molar-refractivity contribution is 5.30. The summed E-state index contributed by atoms with van der Waals surface area (Å²) in [6, 6.07) is 6.78. The minimum absolute atomic E-state index is 1.16. The quantitative estimate of drug-likeness (QED) is 0.691. The van der Waals surface area contributed by atoms with Crippen LogP contribution < -0.4 is 5.32 Å². The van der Waals surface area contributed by atoms with Crippen molar-refractivity contribution in [3.05, 3.63) is 34.9 Å². The summed E-state index contributed by atoms with van der Waals surface area (Å²) in [4.78, 5) is 0.